The number of amides is 1. The molecule has 7 nitrogen and oxygen atoms in total. The van der Waals surface area contributed by atoms with Crippen molar-refractivity contribution >= 4 is 5.91 Å². The summed E-state index contributed by atoms with van der Waals surface area (Å²) >= 11 is 0. The van der Waals surface area contributed by atoms with Gasteiger partial charge in [-0.15, -0.1) is 0 Å². The second-order valence-corrected chi connectivity index (χ2v) is 7.23. The van der Waals surface area contributed by atoms with Gasteiger partial charge in [-0.05, 0) is 31.9 Å². The second kappa shape index (κ2) is 8.43. The van der Waals surface area contributed by atoms with Crippen LogP contribution in [0, 0.1) is 6.92 Å². The van der Waals surface area contributed by atoms with Crippen LogP contribution in [-0.2, 0) is 6.42 Å². The predicted molar refractivity (Wildman–Crippen MR) is 107 cm³/mol. The van der Waals surface area contributed by atoms with Crippen LogP contribution in [0.15, 0.2) is 47.1 Å². The quantitative estimate of drug-likeness (QED) is 0.662. The Kier molecular flexibility index (Phi) is 5.55. The van der Waals surface area contributed by atoms with Crippen molar-refractivity contribution in [3.63, 3.8) is 0 Å². The normalized spacial score (nSPS) is 16.6. The number of piperidine rings is 1. The van der Waals surface area contributed by atoms with Crippen LogP contribution in [0.25, 0.3) is 0 Å². The zero-order valence-electron chi connectivity index (χ0n) is 16.7. The topological polar surface area (TPSA) is 81.4 Å². The average Bonchev–Trinajstić information content (AvgIpc) is 3.22. The van der Waals surface area contributed by atoms with E-state index in [0.717, 1.165) is 29.9 Å². The second-order valence-electron chi connectivity index (χ2n) is 7.23. The molecule has 150 valence electrons. The Labute approximate surface area is 169 Å². The van der Waals surface area contributed by atoms with Gasteiger partial charge in [-0.1, -0.05) is 18.2 Å². The first kappa shape index (κ1) is 19.1. The first-order valence-corrected chi connectivity index (χ1v) is 9.79. The maximum absolute atomic E-state index is 12.8. The predicted octanol–water partition coefficient (Wildman–Crippen LogP) is 3.39. The minimum atomic E-state index is -0.0685. The van der Waals surface area contributed by atoms with Crippen molar-refractivity contribution in [2.24, 2.45) is 0 Å². The van der Waals surface area contributed by atoms with Gasteiger partial charge in [0, 0.05) is 31.3 Å². The number of likely N-dealkylation sites (tertiary alicyclic amines) is 1. The first-order chi connectivity index (χ1) is 14.1. The number of oxazole rings is 1. The molecule has 4 rings (SSSR count). The van der Waals surface area contributed by atoms with E-state index in [1.54, 1.807) is 32.5 Å². The number of carbonyl (C=O) groups is 1. The summed E-state index contributed by atoms with van der Waals surface area (Å²) in [6.07, 6.45) is 5.87. The lowest BCUT2D eigenvalue weighted by Gasteiger charge is -2.31. The molecule has 1 fully saturated rings. The zero-order valence-corrected chi connectivity index (χ0v) is 16.7. The maximum atomic E-state index is 12.8. The fraction of sp³-hybridized carbons (Fsp3) is 0.364. The molecule has 1 saturated heterocycles. The Bertz CT molecular complexity index is 1000. The Morgan fingerprint density at radius 1 is 1.28 bits per heavy atom. The largest absolute Gasteiger partial charge is 0.496 e. The number of methoxy groups -OCH3 is 1. The monoisotopic (exact) mass is 392 g/mol. The number of para-hydroxylation sites is 1. The zero-order chi connectivity index (χ0) is 20.2. The number of hydrogen-bond donors (Lipinski definition) is 0. The third-order valence-corrected chi connectivity index (χ3v) is 5.18. The molecule has 0 N–H and O–H groups in total. The van der Waals surface area contributed by atoms with Gasteiger partial charge < -0.3 is 14.1 Å². The number of aryl methyl sites for hydroxylation is 1. The number of aromatic nitrogens is 3. The van der Waals surface area contributed by atoms with E-state index >= 15 is 0 Å². The molecular weight excluding hydrogens is 368 g/mol. The van der Waals surface area contributed by atoms with Crippen molar-refractivity contribution in [2.45, 2.75) is 32.1 Å². The summed E-state index contributed by atoms with van der Waals surface area (Å²) in [6, 6.07) is 9.54. The van der Waals surface area contributed by atoms with Crippen LogP contribution >= 0.6 is 0 Å². The molecule has 2 aromatic heterocycles. The van der Waals surface area contributed by atoms with Gasteiger partial charge in [0.05, 0.1) is 19.2 Å². The summed E-state index contributed by atoms with van der Waals surface area (Å²) in [7, 11) is 1.66. The van der Waals surface area contributed by atoms with Crippen LogP contribution in [0.2, 0.25) is 0 Å². The Morgan fingerprint density at radius 2 is 2.14 bits per heavy atom. The lowest BCUT2D eigenvalue weighted by molar-refractivity contribution is 0.0691. The van der Waals surface area contributed by atoms with E-state index in [2.05, 4.69) is 15.0 Å². The van der Waals surface area contributed by atoms with E-state index in [4.69, 9.17) is 9.15 Å². The number of nitrogens with zero attached hydrogens (tertiary/aromatic N) is 4. The summed E-state index contributed by atoms with van der Waals surface area (Å²) in [5.74, 6) is 2.92. The fourth-order valence-electron chi connectivity index (χ4n) is 3.73. The van der Waals surface area contributed by atoms with E-state index in [1.165, 1.54) is 0 Å². The lowest BCUT2D eigenvalue weighted by atomic mass is 9.97. The van der Waals surface area contributed by atoms with Gasteiger partial charge in [-0.25, -0.2) is 15.0 Å². The van der Waals surface area contributed by atoms with Crippen LogP contribution in [0.1, 0.15) is 52.3 Å². The van der Waals surface area contributed by atoms with Crippen LogP contribution in [0.5, 0.6) is 5.75 Å². The maximum Gasteiger partial charge on any atom is 0.272 e. The van der Waals surface area contributed by atoms with Gasteiger partial charge in [0.25, 0.3) is 5.91 Å². The van der Waals surface area contributed by atoms with Gasteiger partial charge in [-0.3, -0.25) is 4.79 Å². The molecule has 0 spiro atoms. The number of rotatable bonds is 5. The third kappa shape index (κ3) is 4.29. The van der Waals surface area contributed by atoms with Crippen molar-refractivity contribution in [1.29, 1.82) is 0 Å². The molecule has 1 aromatic carbocycles. The molecular formula is C22H24N4O3. The minimum Gasteiger partial charge on any atom is -0.496 e. The molecule has 29 heavy (non-hydrogen) atoms. The molecule has 3 heterocycles. The first-order valence-electron chi connectivity index (χ1n) is 9.79. The van der Waals surface area contributed by atoms with Crippen molar-refractivity contribution in [2.75, 3.05) is 20.2 Å². The SMILES string of the molecule is COc1ccccc1Cc1cnc([C@H]2CCCN(C(=O)c3ccnc(C)n3)C2)o1. The Hall–Kier alpha value is -3.22. The highest BCUT2D eigenvalue weighted by Crippen LogP contribution is 2.29. The highest BCUT2D eigenvalue weighted by Gasteiger charge is 2.29. The standard InChI is InChI=1S/C22H24N4O3/c1-15-23-10-9-19(25-15)22(27)26-11-5-7-17(14-26)21-24-13-18(29-21)12-16-6-3-4-8-20(16)28-2/h3-4,6,8-10,13,17H,5,7,11-12,14H2,1-2H3/t17-/m0/s1. The van der Waals surface area contributed by atoms with Gasteiger partial charge in [0.1, 0.15) is 23.0 Å². The number of ether oxygens (including phenoxy) is 1. The molecule has 0 saturated carbocycles. The van der Waals surface area contributed by atoms with Crippen LogP contribution < -0.4 is 4.74 Å². The van der Waals surface area contributed by atoms with E-state index in [9.17, 15) is 4.79 Å². The van der Waals surface area contributed by atoms with Gasteiger partial charge in [-0.2, -0.15) is 0 Å². The molecule has 7 heteroatoms. The van der Waals surface area contributed by atoms with Crippen molar-refractivity contribution in [1.82, 2.24) is 19.9 Å². The summed E-state index contributed by atoms with van der Waals surface area (Å²) in [5.41, 5.74) is 1.49. The Balaban J connectivity index is 1.46. The highest BCUT2D eigenvalue weighted by molar-refractivity contribution is 5.92. The minimum absolute atomic E-state index is 0.0685. The molecule has 0 aliphatic carbocycles. The van der Waals surface area contributed by atoms with Crippen molar-refractivity contribution in [3.8, 4) is 5.75 Å². The summed E-state index contributed by atoms with van der Waals surface area (Å²) in [5, 5.41) is 0. The fourth-order valence-corrected chi connectivity index (χ4v) is 3.73. The van der Waals surface area contributed by atoms with E-state index in [0.29, 0.717) is 36.9 Å². The molecule has 1 atom stereocenters. The summed E-state index contributed by atoms with van der Waals surface area (Å²) in [6.45, 7) is 3.08. The summed E-state index contributed by atoms with van der Waals surface area (Å²) in [4.78, 5) is 27.5. The molecule has 1 amide bonds. The number of carbonyl (C=O) groups excluding carboxylic acids is 1. The molecule has 3 aromatic rings. The van der Waals surface area contributed by atoms with Crippen molar-refractivity contribution < 1.29 is 13.9 Å². The lowest BCUT2D eigenvalue weighted by Crippen LogP contribution is -2.39. The van der Waals surface area contributed by atoms with E-state index < -0.39 is 0 Å². The Morgan fingerprint density at radius 3 is 2.97 bits per heavy atom. The molecule has 0 radical (unpaired) electrons. The molecule has 1 aliphatic rings. The third-order valence-electron chi connectivity index (χ3n) is 5.18. The molecule has 0 unspecified atom stereocenters. The number of hydrogen-bond acceptors (Lipinski definition) is 6. The van der Waals surface area contributed by atoms with Gasteiger partial charge >= 0.3 is 0 Å². The highest BCUT2D eigenvalue weighted by atomic mass is 16.5. The van der Waals surface area contributed by atoms with E-state index in [-0.39, 0.29) is 11.8 Å². The van der Waals surface area contributed by atoms with Crippen LogP contribution in [0.4, 0.5) is 0 Å². The van der Waals surface area contributed by atoms with Crippen LogP contribution in [0.3, 0.4) is 0 Å². The van der Waals surface area contributed by atoms with Gasteiger partial charge in [0.15, 0.2) is 5.89 Å². The summed E-state index contributed by atoms with van der Waals surface area (Å²) < 4.78 is 11.5. The smallest absolute Gasteiger partial charge is 0.272 e. The van der Waals surface area contributed by atoms with Crippen LogP contribution in [-0.4, -0.2) is 46.0 Å². The number of benzene rings is 1. The molecule has 0 bridgehead atoms. The van der Waals surface area contributed by atoms with Crippen molar-refractivity contribution in [3.05, 3.63) is 71.5 Å². The average molecular weight is 392 g/mol. The van der Waals surface area contributed by atoms with Gasteiger partial charge in [0.2, 0.25) is 0 Å². The van der Waals surface area contributed by atoms with E-state index in [1.807, 2.05) is 29.2 Å². The molecule has 1 aliphatic heterocycles.